The molecule has 0 saturated heterocycles. The van der Waals surface area contributed by atoms with E-state index >= 15 is 0 Å². The zero-order chi connectivity index (χ0) is 14.4. The van der Waals surface area contributed by atoms with Gasteiger partial charge in [0.15, 0.2) is 0 Å². The van der Waals surface area contributed by atoms with E-state index in [1.165, 1.54) is 43.7 Å². The molecule has 2 heteroatoms. The third-order valence-corrected chi connectivity index (χ3v) is 4.18. The van der Waals surface area contributed by atoms with E-state index in [1.54, 1.807) is 0 Å². The fourth-order valence-corrected chi connectivity index (χ4v) is 3.12. The van der Waals surface area contributed by atoms with E-state index in [2.05, 4.69) is 31.2 Å². The highest BCUT2D eigenvalue weighted by Gasteiger charge is 2.15. The Hall–Kier alpha value is -1.57. The van der Waals surface area contributed by atoms with Gasteiger partial charge in [-0.25, -0.2) is 4.79 Å². The molecule has 0 radical (unpaired) electrons. The van der Waals surface area contributed by atoms with Crippen molar-refractivity contribution < 1.29 is 9.90 Å². The molecule has 1 aliphatic carbocycles. The summed E-state index contributed by atoms with van der Waals surface area (Å²) in [4.78, 5) is 10.9. The number of benzene rings is 1. The van der Waals surface area contributed by atoms with E-state index in [1.807, 2.05) is 0 Å². The molecule has 0 amide bonds. The Balaban J connectivity index is 2.15. The summed E-state index contributed by atoms with van der Waals surface area (Å²) in [6.45, 7) is 2.08. The zero-order valence-electron chi connectivity index (χ0n) is 12.3. The number of carboxylic acids is 1. The third-order valence-electron chi connectivity index (χ3n) is 4.18. The van der Waals surface area contributed by atoms with E-state index in [9.17, 15) is 4.79 Å². The molecule has 0 aliphatic heterocycles. The molecule has 0 unspecified atom stereocenters. The van der Waals surface area contributed by atoms with Crippen molar-refractivity contribution in [1.29, 1.82) is 0 Å². The van der Waals surface area contributed by atoms with Crippen LogP contribution in [-0.2, 0) is 4.79 Å². The van der Waals surface area contributed by atoms with Crippen LogP contribution in [0.15, 0.2) is 30.3 Å². The van der Waals surface area contributed by atoms with Crippen LogP contribution in [0.25, 0.3) is 5.57 Å². The molecule has 1 aromatic carbocycles. The summed E-state index contributed by atoms with van der Waals surface area (Å²) in [6.07, 6.45) is 9.77. The summed E-state index contributed by atoms with van der Waals surface area (Å²) in [6, 6.07) is 8.57. The van der Waals surface area contributed by atoms with Crippen LogP contribution in [-0.4, -0.2) is 11.1 Å². The molecule has 0 aromatic heterocycles. The Labute approximate surface area is 121 Å². The molecule has 108 valence electrons. The molecule has 2 nitrogen and oxygen atoms in total. The Morgan fingerprint density at radius 2 is 1.85 bits per heavy atom. The predicted octanol–water partition coefficient (Wildman–Crippen LogP) is 5.00. The minimum Gasteiger partial charge on any atom is -0.478 e. The number of aliphatic carboxylic acids is 1. The van der Waals surface area contributed by atoms with Crippen LogP contribution in [0.4, 0.5) is 0 Å². The standard InChI is InChI=1S/C18H24O2/c1-2-6-17(13-18(19)20)16-11-9-15(10-12-16)14-7-4-3-5-8-14/h9-14H,2-8H2,1H3,(H,19,20)/b17-13+. The monoisotopic (exact) mass is 272 g/mol. The summed E-state index contributed by atoms with van der Waals surface area (Å²) in [5, 5.41) is 8.95. The molecular formula is C18H24O2. The van der Waals surface area contributed by atoms with Crippen molar-refractivity contribution in [2.24, 2.45) is 0 Å². The van der Waals surface area contributed by atoms with E-state index in [0.717, 1.165) is 24.0 Å². The third kappa shape index (κ3) is 3.96. The number of allylic oxidation sites excluding steroid dienone is 1. The number of rotatable bonds is 5. The van der Waals surface area contributed by atoms with E-state index in [-0.39, 0.29) is 0 Å². The average Bonchev–Trinajstić information content (AvgIpc) is 2.47. The lowest BCUT2D eigenvalue weighted by atomic mass is 9.83. The Morgan fingerprint density at radius 1 is 1.20 bits per heavy atom. The highest BCUT2D eigenvalue weighted by atomic mass is 16.4. The van der Waals surface area contributed by atoms with Gasteiger partial charge in [-0.15, -0.1) is 0 Å². The molecule has 1 aliphatic rings. The maximum Gasteiger partial charge on any atom is 0.328 e. The van der Waals surface area contributed by atoms with E-state index < -0.39 is 5.97 Å². The van der Waals surface area contributed by atoms with Crippen LogP contribution in [0.3, 0.4) is 0 Å². The van der Waals surface area contributed by atoms with Crippen molar-refractivity contribution in [2.45, 2.75) is 57.8 Å². The fraction of sp³-hybridized carbons (Fsp3) is 0.500. The largest absolute Gasteiger partial charge is 0.478 e. The van der Waals surface area contributed by atoms with Crippen LogP contribution in [0.5, 0.6) is 0 Å². The van der Waals surface area contributed by atoms with Gasteiger partial charge in [-0.1, -0.05) is 56.9 Å². The molecule has 1 saturated carbocycles. The van der Waals surface area contributed by atoms with E-state index in [0.29, 0.717) is 5.92 Å². The quantitative estimate of drug-likeness (QED) is 0.766. The van der Waals surface area contributed by atoms with Crippen LogP contribution < -0.4 is 0 Å². The summed E-state index contributed by atoms with van der Waals surface area (Å²) in [5.41, 5.74) is 3.39. The van der Waals surface area contributed by atoms with Gasteiger partial charge in [0.2, 0.25) is 0 Å². The lowest BCUT2D eigenvalue weighted by molar-refractivity contribution is -0.131. The lowest BCUT2D eigenvalue weighted by Crippen LogP contribution is -2.04. The SMILES string of the molecule is CCC/C(=C\C(=O)O)c1ccc(C2CCCCC2)cc1. The summed E-state index contributed by atoms with van der Waals surface area (Å²) in [7, 11) is 0. The fourth-order valence-electron chi connectivity index (χ4n) is 3.12. The van der Waals surface area contributed by atoms with Crippen molar-refractivity contribution in [3.63, 3.8) is 0 Å². The first-order chi connectivity index (χ1) is 9.70. The van der Waals surface area contributed by atoms with Crippen LogP contribution in [0.1, 0.15) is 68.9 Å². The first-order valence-corrected chi connectivity index (χ1v) is 7.74. The molecular weight excluding hydrogens is 248 g/mol. The number of hydrogen-bond donors (Lipinski definition) is 1. The van der Waals surface area contributed by atoms with Crippen LogP contribution in [0, 0.1) is 0 Å². The first-order valence-electron chi connectivity index (χ1n) is 7.74. The minimum atomic E-state index is -0.857. The Morgan fingerprint density at radius 3 is 2.40 bits per heavy atom. The van der Waals surface area contributed by atoms with Gasteiger partial charge in [0, 0.05) is 6.08 Å². The maximum absolute atomic E-state index is 10.9. The van der Waals surface area contributed by atoms with Crippen LogP contribution in [0.2, 0.25) is 0 Å². The molecule has 2 rings (SSSR count). The van der Waals surface area contributed by atoms with Gasteiger partial charge in [0.25, 0.3) is 0 Å². The predicted molar refractivity (Wildman–Crippen MR) is 82.8 cm³/mol. The van der Waals surface area contributed by atoms with Crippen molar-refractivity contribution in [1.82, 2.24) is 0 Å². The van der Waals surface area contributed by atoms with Crippen molar-refractivity contribution in [3.05, 3.63) is 41.5 Å². The Kier molecular flexibility index (Phi) is 5.40. The van der Waals surface area contributed by atoms with Crippen molar-refractivity contribution in [2.75, 3.05) is 0 Å². The molecule has 1 fully saturated rings. The van der Waals surface area contributed by atoms with Gasteiger partial charge in [0.05, 0.1) is 0 Å². The minimum absolute atomic E-state index is 0.705. The highest BCUT2D eigenvalue weighted by molar-refractivity contribution is 5.90. The second kappa shape index (κ2) is 7.28. The first kappa shape index (κ1) is 14.8. The smallest absolute Gasteiger partial charge is 0.328 e. The summed E-state index contributed by atoms with van der Waals surface area (Å²) in [5.74, 6) is -0.152. The molecule has 0 atom stereocenters. The summed E-state index contributed by atoms with van der Waals surface area (Å²) < 4.78 is 0. The molecule has 0 bridgehead atoms. The van der Waals surface area contributed by atoms with Gasteiger partial charge in [-0.2, -0.15) is 0 Å². The molecule has 0 spiro atoms. The number of carboxylic acid groups (broad SMARTS) is 1. The topological polar surface area (TPSA) is 37.3 Å². The highest BCUT2D eigenvalue weighted by Crippen LogP contribution is 2.33. The van der Waals surface area contributed by atoms with Gasteiger partial charge in [-0.3, -0.25) is 0 Å². The van der Waals surface area contributed by atoms with Crippen molar-refractivity contribution in [3.8, 4) is 0 Å². The Bertz CT molecular complexity index is 465. The summed E-state index contributed by atoms with van der Waals surface area (Å²) >= 11 is 0. The van der Waals surface area contributed by atoms with Gasteiger partial charge in [-0.05, 0) is 41.9 Å². The molecule has 1 N–H and O–H groups in total. The zero-order valence-corrected chi connectivity index (χ0v) is 12.3. The number of hydrogen-bond acceptors (Lipinski definition) is 1. The second-order valence-electron chi connectivity index (χ2n) is 5.71. The van der Waals surface area contributed by atoms with Gasteiger partial charge >= 0.3 is 5.97 Å². The average molecular weight is 272 g/mol. The van der Waals surface area contributed by atoms with Crippen LogP contribution >= 0.6 is 0 Å². The van der Waals surface area contributed by atoms with Crippen molar-refractivity contribution >= 4 is 11.5 Å². The molecule has 0 heterocycles. The number of carbonyl (C=O) groups is 1. The second-order valence-corrected chi connectivity index (χ2v) is 5.71. The van der Waals surface area contributed by atoms with Gasteiger partial charge in [0.1, 0.15) is 0 Å². The lowest BCUT2D eigenvalue weighted by Gasteiger charge is -2.22. The van der Waals surface area contributed by atoms with E-state index in [4.69, 9.17) is 5.11 Å². The van der Waals surface area contributed by atoms with Gasteiger partial charge < -0.3 is 5.11 Å². The molecule has 20 heavy (non-hydrogen) atoms. The molecule has 1 aromatic rings. The normalized spacial score (nSPS) is 17.1. The maximum atomic E-state index is 10.9.